The largest absolute Gasteiger partial charge is 0.511 e. The maximum atomic E-state index is 12.7. The molecule has 1 aliphatic heterocycles. The molecular weight excluding hydrogens is 411 g/mol. The fraction of sp³-hybridized carbons (Fsp3) is 0.882. The van der Waals surface area contributed by atoms with Gasteiger partial charge in [-0.05, 0) is 25.7 Å². The van der Waals surface area contributed by atoms with Gasteiger partial charge in [0.25, 0.3) is 0 Å². The molecule has 168 valence electrons. The number of nitrogens with one attached hydrogen (secondary N) is 2. The van der Waals surface area contributed by atoms with E-state index in [1.54, 1.807) is 14.1 Å². The van der Waals surface area contributed by atoms with Crippen LogP contribution < -0.4 is 10.6 Å². The van der Waals surface area contributed by atoms with Crippen LogP contribution >= 0.6 is 0 Å². The number of guanidine groups is 1. The quantitative estimate of drug-likeness (QED) is 0.495. The van der Waals surface area contributed by atoms with Gasteiger partial charge >= 0.3 is 15.5 Å². The van der Waals surface area contributed by atoms with Gasteiger partial charge in [-0.2, -0.15) is 17.5 Å². The van der Waals surface area contributed by atoms with Crippen LogP contribution in [-0.4, -0.2) is 80.8 Å². The first-order valence-electron chi connectivity index (χ1n) is 9.85. The summed E-state index contributed by atoms with van der Waals surface area (Å²) in [7, 11) is -2.03. The summed E-state index contributed by atoms with van der Waals surface area (Å²) in [5.74, 6) is 0.282. The molecule has 0 aromatic rings. The van der Waals surface area contributed by atoms with Gasteiger partial charge < -0.3 is 15.5 Å². The predicted octanol–water partition coefficient (Wildman–Crippen LogP) is 1.26. The second-order valence-electron chi connectivity index (χ2n) is 7.70. The van der Waals surface area contributed by atoms with Crippen molar-refractivity contribution in [3.63, 3.8) is 0 Å². The molecule has 29 heavy (non-hydrogen) atoms. The number of nitrogens with zero attached hydrogens (tertiary/aromatic N) is 3. The van der Waals surface area contributed by atoms with Gasteiger partial charge in [-0.25, -0.2) is 13.4 Å². The molecule has 2 fully saturated rings. The minimum absolute atomic E-state index is 0.0453. The molecule has 8 nitrogen and oxygen atoms in total. The Morgan fingerprint density at radius 3 is 2.03 bits per heavy atom. The van der Waals surface area contributed by atoms with Gasteiger partial charge in [0.05, 0.1) is 0 Å². The number of piperidine rings is 1. The second kappa shape index (κ2) is 9.96. The van der Waals surface area contributed by atoms with E-state index in [1.807, 2.05) is 0 Å². The Morgan fingerprint density at radius 1 is 1.03 bits per heavy atom. The first-order chi connectivity index (χ1) is 13.5. The summed E-state index contributed by atoms with van der Waals surface area (Å²) in [5.41, 5.74) is -5.28. The lowest BCUT2D eigenvalue weighted by atomic mass is 9.96. The highest BCUT2D eigenvalue weighted by Gasteiger charge is 2.50. The molecule has 2 N–H and O–H groups in total. The lowest BCUT2D eigenvalue weighted by Crippen LogP contribution is -2.53. The second-order valence-corrected chi connectivity index (χ2v) is 9.63. The van der Waals surface area contributed by atoms with Crippen LogP contribution in [0.2, 0.25) is 0 Å². The standard InChI is InChI=1S/C17H30F3N5O3S/c1-24(2)15(26)12-21-16(22-13-6-4-3-5-7-13)23-14-8-10-25(11-9-14)29(27,28)17(18,19)20/h13-14H,3-12H2,1-2H3,(H2,21,22,23). The van der Waals surface area contributed by atoms with E-state index in [0.717, 1.165) is 25.7 Å². The number of amides is 1. The van der Waals surface area contributed by atoms with Crippen LogP contribution in [-0.2, 0) is 14.8 Å². The molecule has 1 aliphatic carbocycles. The van der Waals surface area contributed by atoms with Crippen LogP contribution in [0.3, 0.4) is 0 Å². The number of alkyl halides is 3. The molecule has 2 rings (SSSR count). The zero-order chi connectivity index (χ0) is 21.7. The summed E-state index contributed by atoms with van der Waals surface area (Å²) in [4.78, 5) is 17.6. The van der Waals surface area contributed by atoms with Gasteiger partial charge in [0.15, 0.2) is 5.96 Å². The molecule has 1 heterocycles. The Balaban J connectivity index is 1.98. The van der Waals surface area contributed by atoms with Crippen LogP contribution in [0.1, 0.15) is 44.9 Å². The summed E-state index contributed by atoms with van der Waals surface area (Å²) in [6.07, 6.45) is 5.83. The summed E-state index contributed by atoms with van der Waals surface area (Å²) in [6, 6.07) is 0.00846. The Morgan fingerprint density at radius 2 is 1.55 bits per heavy atom. The van der Waals surface area contributed by atoms with Gasteiger partial charge in [-0.3, -0.25) is 4.79 Å². The molecule has 0 spiro atoms. The van der Waals surface area contributed by atoms with E-state index < -0.39 is 15.5 Å². The number of carbonyl (C=O) groups excluding carboxylic acids is 1. The molecule has 1 saturated carbocycles. The molecule has 0 aromatic carbocycles. The SMILES string of the molecule is CN(C)C(=O)CN=C(NC1CCCCC1)NC1CCN(S(=O)(=O)C(F)(F)F)CC1. The maximum Gasteiger partial charge on any atom is 0.511 e. The van der Waals surface area contributed by atoms with E-state index in [0.29, 0.717) is 10.3 Å². The lowest BCUT2D eigenvalue weighted by Gasteiger charge is -2.33. The average Bonchev–Trinajstić information content (AvgIpc) is 2.66. The number of hydrogen-bond acceptors (Lipinski definition) is 4. The van der Waals surface area contributed by atoms with Crippen molar-refractivity contribution in [3.8, 4) is 0 Å². The van der Waals surface area contributed by atoms with Gasteiger partial charge in [0.2, 0.25) is 5.91 Å². The van der Waals surface area contributed by atoms with Gasteiger partial charge in [-0.1, -0.05) is 19.3 Å². The third kappa shape index (κ3) is 6.73. The lowest BCUT2D eigenvalue weighted by molar-refractivity contribution is -0.127. The monoisotopic (exact) mass is 441 g/mol. The number of likely N-dealkylation sites (N-methyl/N-ethyl adjacent to an activating group) is 1. The average molecular weight is 442 g/mol. The fourth-order valence-corrected chi connectivity index (χ4v) is 4.43. The molecule has 0 unspecified atom stereocenters. The molecule has 0 radical (unpaired) electrons. The normalized spacial score (nSPS) is 21.1. The summed E-state index contributed by atoms with van der Waals surface area (Å²) < 4.78 is 61.7. The summed E-state index contributed by atoms with van der Waals surface area (Å²) in [5, 5.41) is 6.49. The zero-order valence-electron chi connectivity index (χ0n) is 16.8. The first-order valence-corrected chi connectivity index (χ1v) is 11.3. The number of aliphatic imine (C=N–C) groups is 1. The smallest absolute Gasteiger partial charge is 0.354 e. The Kier molecular flexibility index (Phi) is 8.15. The summed E-state index contributed by atoms with van der Waals surface area (Å²) >= 11 is 0. The van der Waals surface area contributed by atoms with Crippen molar-refractivity contribution in [2.75, 3.05) is 33.7 Å². The molecule has 0 atom stereocenters. The molecule has 2 aliphatic rings. The van der Waals surface area contributed by atoms with E-state index in [-0.39, 0.29) is 50.5 Å². The van der Waals surface area contributed by atoms with Crippen molar-refractivity contribution in [2.45, 2.75) is 62.5 Å². The van der Waals surface area contributed by atoms with Crippen molar-refractivity contribution >= 4 is 21.9 Å². The molecule has 1 amide bonds. The Hall–Kier alpha value is -1.56. The number of halogens is 3. The van der Waals surface area contributed by atoms with Crippen molar-refractivity contribution in [1.29, 1.82) is 0 Å². The van der Waals surface area contributed by atoms with Crippen LogP contribution in [0.25, 0.3) is 0 Å². The van der Waals surface area contributed by atoms with E-state index in [9.17, 15) is 26.4 Å². The molecule has 12 heteroatoms. The highest BCUT2D eigenvalue weighted by atomic mass is 32.2. The van der Waals surface area contributed by atoms with Gasteiger partial charge in [-0.15, -0.1) is 0 Å². The third-order valence-corrected chi connectivity index (χ3v) is 6.87. The van der Waals surface area contributed by atoms with Crippen LogP contribution in [0, 0.1) is 0 Å². The van der Waals surface area contributed by atoms with Gasteiger partial charge in [0, 0.05) is 39.3 Å². The number of hydrogen-bond donors (Lipinski definition) is 2. The van der Waals surface area contributed by atoms with Crippen molar-refractivity contribution in [1.82, 2.24) is 19.8 Å². The predicted molar refractivity (Wildman–Crippen MR) is 104 cm³/mol. The van der Waals surface area contributed by atoms with Crippen LogP contribution in [0.5, 0.6) is 0 Å². The summed E-state index contributed by atoms with van der Waals surface area (Å²) in [6.45, 7) is -0.476. The van der Waals surface area contributed by atoms with Crippen molar-refractivity contribution in [2.24, 2.45) is 4.99 Å². The van der Waals surface area contributed by atoms with E-state index in [4.69, 9.17) is 0 Å². The van der Waals surface area contributed by atoms with E-state index >= 15 is 0 Å². The molecule has 1 saturated heterocycles. The van der Waals surface area contributed by atoms with Crippen LogP contribution in [0.15, 0.2) is 4.99 Å². The first kappa shape index (κ1) is 23.7. The highest BCUT2D eigenvalue weighted by Crippen LogP contribution is 2.29. The molecule has 0 bridgehead atoms. The number of sulfonamides is 1. The third-order valence-electron chi connectivity index (χ3n) is 5.24. The van der Waals surface area contributed by atoms with E-state index in [2.05, 4.69) is 15.6 Å². The number of rotatable bonds is 5. The number of carbonyl (C=O) groups is 1. The molecule has 0 aromatic heterocycles. The highest BCUT2D eigenvalue weighted by molar-refractivity contribution is 7.90. The fourth-order valence-electron chi connectivity index (χ4n) is 3.44. The Bertz CT molecular complexity index is 683. The van der Waals surface area contributed by atoms with E-state index in [1.165, 1.54) is 11.3 Å². The zero-order valence-corrected chi connectivity index (χ0v) is 17.7. The Labute approximate surface area is 170 Å². The van der Waals surface area contributed by atoms with Crippen LogP contribution in [0.4, 0.5) is 13.2 Å². The van der Waals surface area contributed by atoms with Crippen molar-refractivity contribution < 1.29 is 26.4 Å². The minimum Gasteiger partial charge on any atom is -0.354 e. The van der Waals surface area contributed by atoms with Gasteiger partial charge in [0.1, 0.15) is 6.54 Å². The maximum absolute atomic E-state index is 12.7. The molecular formula is C17H30F3N5O3S. The van der Waals surface area contributed by atoms with Crippen molar-refractivity contribution in [3.05, 3.63) is 0 Å². The minimum atomic E-state index is -5.30. The topological polar surface area (TPSA) is 94.1 Å².